The Balaban J connectivity index is 1.71. The van der Waals surface area contributed by atoms with Crippen molar-refractivity contribution in [3.63, 3.8) is 0 Å². The summed E-state index contributed by atoms with van der Waals surface area (Å²) in [5, 5.41) is 0. The fraction of sp³-hybridized carbons (Fsp3) is 0.632. The van der Waals surface area contributed by atoms with Crippen LogP contribution < -0.4 is 0 Å². The summed E-state index contributed by atoms with van der Waals surface area (Å²) < 4.78 is 4.95. The van der Waals surface area contributed by atoms with Gasteiger partial charge in [0.05, 0.1) is 0 Å². The maximum absolute atomic E-state index is 13.4. The van der Waals surface area contributed by atoms with Crippen molar-refractivity contribution in [3.8, 4) is 0 Å². The average molecular weight is 360 g/mol. The first-order valence-corrected chi connectivity index (χ1v) is 9.40. The van der Waals surface area contributed by atoms with Crippen LogP contribution in [0.5, 0.6) is 0 Å². The highest BCUT2D eigenvalue weighted by atomic mass is 16.5. The lowest BCUT2D eigenvalue weighted by Gasteiger charge is -2.32. The van der Waals surface area contributed by atoms with Crippen LogP contribution in [0, 0.1) is 0 Å². The number of carbonyl (C=O) groups is 2. The van der Waals surface area contributed by atoms with E-state index in [9.17, 15) is 9.59 Å². The number of pyridine rings is 1. The Kier molecular flexibility index (Phi) is 6.57. The number of carbonyl (C=O) groups excluding carboxylic acids is 2. The summed E-state index contributed by atoms with van der Waals surface area (Å²) in [5.41, 5.74) is 0.955. The first kappa shape index (κ1) is 18.8. The first-order chi connectivity index (χ1) is 12.7. The molecule has 0 saturated carbocycles. The molecule has 0 spiro atoms. The largest absolute Gasteiger partial charge is 0.375 e. The van der Waals surface area contributed by atoms with Gasteiger partial charge in [-0.1, -0.05) is 6.07 Å². The van der Waals surface area contributed by atoms with Gasteiger partial charge in [0.2, 0.25) is 11.8 Å². The molecular formula is C19H28N4O3. The number of hydrogen-bond acceptors (Lipinski definition) is 5. The van der Waals surface area contributed by atoms with Crippen LogP contribution in [0.15, 0.2) is 24.5 Å². The predicted molar refractivity (Wildman–Crippen MR) is 97.4 cm³/mol. The molecule has 0 radical (unpaired) electrons. The summed E-state index contributed by atoms with van der Waals surface area (Å²) in [6.45, 7) is 4.47. The normalized spacial score (nSPS) is 20.0. The summed E-state index contributed by atoms with van der Waals surface area (Å²) in [7, 11) is 1.53. The molecule has 0 aromatic carbocycles. The minimum absolute atomic E-state index is 0.00912. The summed E-state index contributed by atoms with van der Waals surface area (Å²) in [5.74, 6) is 0.117. The van der Waals surface area contributed by atoms with Crippen molar-refractivity contribution in [3.05, 3.63) is 30.1 Å². The standard InChI is InChI=1S/C19H28N4O3/c1-26-15-17(24)21-10-5-11-23(13-12-21)19(25)18(22-8-2-3-9-22)16-6-4-7-20-14-16/h4,6-7,14,18H,2-3,5,8-13,15H2,1H3. The van der Waals surface area contributed by atoms with Gasteiger partial charge in [-0.15, -0.1) is 0 Å². The van der Waals surface area contributed by atoms with Crippen molar-refractivity contribution < 1.29 is 14.3 Å². The zero-order chi connectivity index (χ0) is 18.4. The Labute approximate surface area is 154 Å². The molecule has 2 aliphatic rings. The summed E-state index contributed by atoms with van der Waals surface area (Å²) in [4.78, 5) is 35.6. The molecule has 2 saturated heterocycles. The molecule has 2 amide bonds. The Bertz CT molecular complexity index is 604. The number of methoxy groups -OCH3 is 1. The van der Waals surface area contributed by atoms with Gasteiger partial charge in [-0.25, -0.2) is 0 Å². The van der Waals surface area contributed by atoms with E-state index in [1.54, 1.807) is 17.3 Å². The molecule has 2 aliphatic heterocycles. The second-order valence-electron chi connectivity index (χ2n) is 6.92. The van der Waals surface area contributed by atoms with Crippen molar-refractivity contribution in [2.24, 2.45) is 0 Å². The Morgan fingerprint density at radius 3 is 2.50 bits per heavy atom. The highest BCUT2D eigenvalue weighted by Gasteiger charge is 2.34. The molecule has 0 aliphatic carbocycles. The SMILES string of the molecule is COCC(=O)N1CCCN(C(=O)C(c2cccnc2)N2CCCC2)CC1. The van der Waals surface area contributed by atoms with E-state index in [4.69, 9.17) is 4.74 Å². The number of hydrogen-bond donors (Lipinski definition) is 0. The third-order valence-electron chi connectivity index (χ3n) is 5.17. The van der Waals surface area contributed by atoms with E-state index in [0.717, 1.165) is 37.9 Å². The van der Waals surface area contributed by atoms with E-state index in [1.165, 1.54) is 7.11 Å². The van der Waals surface area contributed by atoms with Crippen molar-refractivity contribution in [1.29, 1.82) is 0 Å². The molecule has 7 nitrogen and oxygen atoms in total. The minimum Gasteiger partial charge on any atom is -0.375 e. The van der Waals surface area contributed by atoms with Gasteiger partial charge in [0.25, 0.3) is 0 Å². The van der Waals surface area contributed by atoms with Gasteiger partial charge >= 0.3 is 0 Å². The molecule has 1 aromatic heterocycles. The molecule has 1 aromatic rings. The van der Waals surface area contributed by atoms with E-state index in [0.29, 0.717) is 26.2 Å². The second-order valence-corrected chi connectivity index (χ2v) is 6.92. The molecule has 0 bridgehead atoms. The zero-order valence-electron chi connectivity index (χ0n) is 15.5. The summed E-state index contributed by atoms with van der Waals surface area (Å²) in [6, 6.07) is 3.60. The van der Waals surface area contributed by atoms with Crippen LogP contribution in [-0.2, 0) is 14.3 Å². The molecule has 3 rings (SSSR count). The lowest BCUT2D eigenvalue weighted by Crippen LogP contribution is -2.44. The molecule has 1 atom stereocenters. The van der Waals surface area contributed by atoms with Gasteiger partial charge in [-0.3, -0.25) is 19.5 Å². The Hall–Kier alpha value is -1.99. The highest BCUT2D eigenvalue weighted by molar-refractivity contribution is 5.83. The average Bonchev–Trinajstić information content (AvgIpc) is 3.06. The number of amides is 2. The third kappa shape index (κ3) is 4.40. The van der Waals surface area contributed by atoms with Gasteiger partial charge in [-0.2, -0.15) is 0 Å². The van der Waals surface area contributed by atoms with Crippen LogP contribution >= 0.6 is 0 Å². The molecule has 2 fully saturated rings. The van der Waals surface area contributed by atoms with E-state index < -0.39 is 0 Å². The van der Waals surface area contributed by atoms with E-state index >= 15 is 0 Å². The van der Waals surface area contributed by atoms with Crippen LogP contribution in [0.3, 0.4) is 0 Å². The van der Waals surface area contributed by atoms with E-state index in [1.807, 2.05) is 17.0 Å². The maximum Gasteiger partial charge on any atom is 0.248 e. The smallest absolute Gasteiger partial charge is 0.248 e. The van der Waals surface area contributed by atoms with E-state index in [-0.39, 0.29) is 24.5 Å². The zero-order valence-corrected chi connectivity index (χ0v) is 15.5. The van der Waals surface area contributed by atoms with Gasteiger partial charge in [0.15, 0.2) is 0 Å². The van der Waals surface area contributed by atoms with Gasteiger partial charge < -0.3 is 14.5 Å². The number of likely N-dealkylation sites (tertiary alicyclic amines) is 1. The van der Waals surface area contributed by atoms with Crippen molar-refractivity contribution in [2.45, 2.75) is 25.3 Å². The van der Waals surface area contributed by atoms with Crippen molar-refractivity contribution >= 4 is 11.8 Å². The lowest BCUT2D eigenvalue weighted by atomic mass is 10.1. The van der Waals surface area contributed by atoms with Crippen LogP contribution in [0.4, 0.5) is 0 Å². The topological polar surface area (TPSA) is 66.0 Å². The fourth-order valence-electron chi connectivity index (χ4n) is 3.82. The summed E-state index contributed by atoms with van der Waals surface area (Å²) in [6.07, 6.45) is 6.58. The molecule has 26 heavy (non-hydrogen) atoms. The lowest BCUT2D eigenvalue weighted by molar-refractivity contribution is -0.138. The molecular weight excluding hydrogens is 332 g/mol. The van der Waals surface area contributed by atoms with Crippen molar-refractivity contribution in [2.75, 3.05) is 53.0 Å². The molecule has 1 unspecified atom stereocenters. The molecule has 3 heterocycles. The quantitative estimate of drug-likeness (QED) is 0.781. The number of nitrogens with zero attached hydrogens (tertiary/aromatic N) is 4. The molecule has 0 N–H and O–H groups in total. The minimum atomic E-state index is -0.271. The van der Waals surface area contributed by atoms with Crippen LogP contribution in [0.25, 0.3) is 0 Å². The summed E-state index contributed by atoms with van der Waals surface area (Å²) >= 11 is 0. The fourth-order valence-corrected chi connectivity index (χ4v) is 3.82. The van der Waals surface area contributed by atoms with Crippen LogP contribution in [0.2, 0.25) is 0 Å². The monoisotopic (exact) mass is 360 g/mol. The molecule has 142 valence electrons. The van der Waals surface area contributed by atoms with Gasteiger partial charge in [0.1, 0.15) is 12.6 Å². The number of rotatable bonds is 5. The number of ether oxygens (including phenoxy) is 1. The second kappa shape index (κ2) is 9.09. The van der Waals surface area contributed by atoms with Crippen molar-refractivity contribution in [1.82, 2.24) is 19.7 Å². The maximum atomic E-state index is 13.4. The predicted octanol–water partition coefficient (Wildman–Crippen LogP) is 0.926. The first-order valence-electron chi connectivity index (χ1n) is 9.40. The highest BCUT2D eigenvalue weighted by Crippen LogP contribution is 2.27. The van der Waals surface area contributed by atoms with E-state index in [2.05, 4.69) is 9.88 Å². The molecule has 7 heteroatoms. The number of aromatic nitrogens is 1. The third-order valence-corrected chi connectivity index (χ3v) is 5.17. The van der Waals surface area contributed by atoms with Crippen LogP contribution in [0.1, 0.15) is 30.9 Å². The van der Waals surface area contributed by atoms with Crippen LogP contribution in [-0.4, -0.2) is 84.5 Å². The Morgan fingerprint density at radius 2 is 1.81 bits per heavy atom. The van der Waals surface area contributed by atoms with Gasteiger partial charge in [-0.05, 0) is 44.0 Å². The Morgan fingerprint density at radius 1 is 1.08 bits per heavy atom. The van der Waals surface area contributed by atoms with Gasteiger partial charge in [0, 0.05) is 45.7 Å².